The molecule has 0 spiro atoms. The van der Waals surface area contributed by atoms with Crippen LogP contribution in [0.5, 0.6) is 0 Å². The Balaban J connectivity index is 2.24. The summed E-state index contributed by atoms with van der Waals surface area (Å²) >= 11 is 0. The van der Waals surface area contributed by atoms with E-state index in [1.54, 1.807) is 0 Å². The average molecular weight is 242 g/mol. The molecular formula is C15H18N2O. The van der Waals surface area contributed by atoms with E-state index in [-0.39, 0.29) is 0 Å². The first kappa shape index (κ1) is 11.5. The minimum absolute atomic E-state index is 0.523. The number of fused-ring (bicyclic) bond motifs is 1. The van der Waals surface area contributed by atoms with Crippen LogP contribution in [0, 0.1) is 0 Å². The summed E-state index contributed by atoms with van der Waals surface area (Å²) in [5.74, 6) is 0. The summed E-state index contributed by atoms with van der Waals surface area (Å²) < 4.78 is 2.16. The Morgan fingerprint density at radius 3 is 2.83 bits per heavy atom. The van der Waals surface area contributed by atoms with Gasteiger partial charge in [-0.15, -0.1) is 0 Å². The van der Waals surface area contributed by atoms with E-state index in [9.17, 15) is 4.79 Å². The second kappa shape index (κ2) is 4.56. The number of hydrogen-bond donors (Lipinski definition) is 0. The molecule has 18 heavy (non-hydrogen) atoms. The summed E-state index contributed by atoms with van der Waals surface area (Å²) in [5, 5.41) is 5.81. The number of nitrogens with zero attached hydrogens (tertiary/aromatic N) is 2. The number of rotatable bonds is 3. The molecule has 0 bridgehead atoms. The van der Waals surface area contributed by atoms with E-state index in [0.29, 0.717) is 6.04 Å². The van der Waals surface area contributed by atoms with Gasteiger partial charge in [0, 0.05) is 10.9 Å². The van der Waals surface area contributed by atoms with Crippen LogP contribution in [0.15, 0.2) is 18.2 Å². The van der Waals surface area contributed by atoms with Gasteiger partial charge in [-0.05, 0) is 25.3 Å². The molecular weight excluding hydrogens is 224 g/mol. The van der Waals surface area contributed by atoms with Gasteiger partial charge in [-0.2, -0.15) is 5.10 Å². The Hall–Kier alpha value is -1.64. The van der Waals surface area contributed by atoms with E-state index in [1.807, 2.05) is 12.1 Å². The largest absolute Gasteiger partial charge is 0.298 e. The van der Waals surface area contributed by atoms with Crippen molar-refractivity contribution in [2.45, 2.75) is 45.1 Å². The van der Waals surface area contributed by atoms with Gasteiger partial charge in [0.05, 0.1) is 17.3 Å². The van der Waals surface area contributed by atoms with Crippen molar-refractivity contribution >= 4 is 17.2 Å². The van der Waals surface area contributed by atoms with Gasteiger partial charge < -0.3 is 0 Å². The molecule has 1 heterocycles. The third-order valence-corrected chi connectivity index (χ3v) is 3.97. The van der Waals surface area contributed by atoms with Crippen molar-refractivity contribution < 1.29 is 4.79 Å². The second-order valence-electron chi connectivity index (χ2n) is 5.04. The summed E-state index contributed by atoms with van der Waals surface area (Å²) in [6, 6.07) is 6.45. The van der Waals surface area contributed by atoms with Crippen LogP contribution in [0.25, 0.3) is 10.9 Å². The highest BCUT2D eigenvalue weighted by atomic mass is 16.1. The molecule has 1 fully saturated rings. The van der Waals surface area contributed by atoms with Crippen LogP contribution in [0.2, 0.25) is 0 Å². The normalized spacial score (nSPS) is 16.5. The molecule has 1 aliphatic rings. The lowest BCUT2D eigenvalue weighted by Crippen LogP contribution is -2.06. The molecule has 3 rings (SSSR count). The molecule has 3 heteroatoms. The molecule has 1 aromatic heterocycles. The molecule has 0 atom stereocenters. The van der Waals surface area contributed by atoms with Crippen molar-refractivity contribution in [3.63, 3.8) is 0 Å². The molecule has 3 nitrogen and oxygen atoms in total. The molecule has 2 aromatic rings. The van der Waals surface area contributed by atoms with E-state index in [4.69, 9.17) is 5.10 Å². The number of carbonyl (C=O) groups excluding carboxylic acids is 1. The number of hydrogen-bond acceptors (Lipinski definition) is 2. The SMILES string of the molecule is CCc1nn(C2CCCC2)c2cccc(C=O)c12. The van der Waals surface area contributed by atoms with Crippen LogP contribution < -0.4 is 0 Å². The third-order valence-electron chi connectivity index (χ3n) is 3.97. The van der Waals surface area contributed by atoms with Crippen molar-refractivity contribution in [3.05, 3.63) is 29.5 Å². The molecule has 0 aliphatic heterocycles. The van der Waals surface area contributed by atoms with E-state index in [2.05, 4.69) is 17.7 Å². The fourth-order valence-electron chi connectivity index (χ4n) is 3.07. The van der Waals surface area contributed by atoms with Gasteiger partial charge in [0.1, 0.15) is 0 Å². The smallest absolute Gasteiger partial charge is 0.150 e. The van der Waals surface area contributed by atoms with E-state index in [1.165, 1.54) is 25.7 Å². The highest BCUT2D eigenvalue weighted by Crippen LogP contribution is 2.33. The monoisotopic (exact) mass is 242 g/mol. The Morgan fingerprint density at radius 2 is 2.17 bits per heavy atom. The topological polar surface area (TPSA) is 34.9 Å². The van der Waals surface area contributed by atoms with Gasteiger partial charge in [0.25, 0.3) is 0 Å². The van der Waals surface area contributed by atoms with Gasteiger partial charge >= 0.3 is 0 Å². The first-order valence-corrected chi connectivity index (χ1v) is 6.80. The van der Waals surface area contributed by atoms with Crippen molar-refractivity contribution in [3.8, 4) is 0 Å². The first-order chi connectivity index (χ1) is 8.85. The number of aromatic nitrogens is 2. The second-order valence-corrected chi connectivity index (χ2v) is 5.04. The third kappa shape index (κ3) is 1.65. The average Bonchev–Trinajstić information content (AvgIpc) is 3.04. The molecule has 0 N–H and O–H groups in total. The number of benzene rings is 1. The maximum absolute atomic E-state index is 11.2. The van der Waals surface area contributed by atoms with E-state index < -0.39 is 0 Å². The Kier molecular flexibility index (Phi) is 2.90. The first-order valence-electron chi connectivity index (χ1n) is 6.80. The van der Waals surface area contributed by atoms with Gasteiger partial charge in [0.15, 0.2) is 6.29 Å². The molecule has 94 valence electrons. The lowest BCUT2D eigenvalue weighted by atomic mass is 10.1. The standard InChI is InChI=1S/C15H18N2O/c1-2-13-15-11(10-18)6-5-9-14(15)17(16-13)12-7-3-4-8-12/h5-6,9-10,12H,2-4,7-8H2,1H3. The van der Waals surface area contributed by atoms with Gasteiger partial charge in [-0.25, -0.2) is 0 Å². The van der Waals surface area contributed by atoms with Crippen molar-refractivity contribution in [1.82, 2.24) is 9.78 Å². The minimum atomic E-state index is 0.523. The Morgan fingerprint density at radius 1 is 1.39 bits per heavy atom. The number of carbonyl (C=O) groups is 1. The van der Waals surface area contributed by atoms with Crippen LogP contribution in [0.3, 0.4) is 0 Å². The molecule has 1 saturated carbocycles. The lowest BCUT2D eigenvalue weighted by Gasteiger charge is -2.11. The predicted molar refractivity (Wildman–Crippen MR) is 72.0 cm³/mol. The van der Waals surface area contributed by atoms with E-state index >= 15 is 0 Å². The fraction of sp³-hybridized carbons (Fsp3) is 0.467. The molecule has 0 radical (unpaired) electrons. The summed E-state index contributed by atoms with van der Waals surface area (Å²) in [6.07, 6.45) is 6.83. The lowest BCUT2D eigenvalue weighted by molar-refractivity contribution is 0.112. The van der Waals surface area contributed by atoms with Gasteiger partial charge in [0.2, 0.25) is 0 Å². The summed E-state index contributed by atoms with van der Waals surface area (Å²) in [6.45, 7) is 2.10. The summed E-state index contributed by atoms with van der Waals surface area (Å²) in [4.78, 5) is 11.2. The van der Waals surface area contributed by atoms with Gasteiger partial charge in [-0.3, -0.25) is 9.48 Å². The van der Waals surface area contributed by atoms with E-state index in [0.717, 1.165) is 34.9 Å². The van der Waals surface area contributed by atoms with Crippen LogP contribution in [0.4, 0.5) is 0 Å². The zero-order valence-electron chi connectivity index (χ0n) is 10.7. The van der Waals surface area contributed by atoms with Crippen LogP contribution in [0.1, 0.15) is 54.7 Å². The molecule has 1 aliphatic carbocycles. The molecule has 0 amide bonds. The zero-order valence-corrected chi connectivity index (χ0v) is 10.7. The zero-order chi connectivity index (χ0) is 12.5. The van der Waals surface area contributed by atoms with Crippen molar-refractivity contribution in [2.24, 2.45) is 0 Å². The molecule has 0 unspecified atom stereocenters. The molecule has 1 aromatic carbocycles. The highest BCUT2D eigenvalue weighted by Gasteiger charge is 2.22. The summed E-state index contributed by atoms with van der Waals surface area (Å²) in [7, 11) is 0. The number of aryl methyl sites for hydroxylation is 1. The molecule has 0 saturated heterocycles. The van der Waals surface area contributed by atoms with Crippen molar-refractivity contribution in [2.75, 3.05) is 0 Å². The maximum Gasteiger partial charge on any atom is 0.150 e. The minimum Gasteiger partial charge on any atom is -0.298 e. The number of aldehydes is 1. The quantitative estimate of drug-likeness (QED) is 0.772. The van der Waals surface area contributed by atoms with Gasteiger partial charge in [-0.1, -0.05) is 31.9 Å². The highest BCUT2D eigenvalue weighted by molar-refractivity contribution is 5.98. The fourth-order valence-corrected chi connectivity index (χ4v) is 3.07. The van der Waals surface area contributed by atoms with Crippen LogP contribution in [-0.4, -0.2) is 16.1 Å². The predicted octanol–water partition coefficient (Wildman–Crippen LogP) is 3.53. The Bertz CT molecular complexity index is 579. The van der Waals surface area contributed by atoms with Crippen molar-refractivity contribution in [1.29, 1.82) is 0 Å². The summed E-state index contributed by atoms with van der Waals surface area (Å²) in [5.41, 5.74) is 2.96. The van der Waals surface area contributed by atoms with Crippen LogP contribution >= 0.6 is 0 Å². The van der Waals surface area contributed by atoms with Crippen LogP contribution in [-0.2, 0) is 6.42 Å². The Labute approximate surface area is 107 Å². The maximum atomic E-state index is 11.2.